The van der Waals surface area contributed by atoms with Crippen LogP contribution in [0.2, 0.25) is 5.02 Å². The first-order valence-corrected chi connectivity index (χ1v) is 6.98. The summed E-state index contributed by atoms with van der Waals surface area (Å²) >= 11 is 9.45. The molecule has 0 bridgehead atoms. The molecular formula is C15H13BrClNO. The van der Waals surface area contributed by atoms with Gasteiger partial charge in [-0.15, -0.1) is 0 Å². The van der Waals surface area contributed by atoms with Crippen molar-refractivity contribution in [3.63, 3.8) is 0 Å². The molecule has 0 saturated carbocycles. The van der Waals surface area contributed by atoms with Crippen molar-refractivity contribution in [3.05, 3.63) is 62.6 Å². The lowest BCUT2D eigenvalue weighted by Crippen LogP contribution is -2.12. The molecule has 1 N–H and O–H groups in total. The normalized spacial score (nSPS) is 10.3. The lowest BCUT2D eigenvalue weighted by molar-refractivity contribution is 0.102. The maximum atomic E-state index is 12.1. The third-order valence-electron chi connectivity index (χ3n) is 2.86. The molecule has 1 amide bonds. The summed E-state index contributed by atoms with van der Waals surface area (Å²) in [6, 6.07) is 11.0. The topological polar surface area (TPSA) is 29.1 Å². The van der Waals surface area contributed by atoms with Crippen molar-refractivity contribution in [1.82, 2.24) is 0 Å². The van der Waals surface area contributed by atoms with Gasteiger partial charge < -0.3 is 5.32 Å². The number of benzene rings is 2. The minimum Gasteiger partial charge on any atom is -0.322 e. The number of amides is 1. The third kappa shape index (κ3) is 3.37. The highest BCUT2D eigenvalue weighted by Gasteiger charge is 2.08. The van der Waals surface area contributed by atoms with Crippen molar-refractivity contribution >= 4 is 39.1 Å². The third-order valence-corrected chi connectivity index (χ3v) is 4.13. The highest BCUT2D eigenvalue weighted by atomic mass is 79.9. The predicted molar refractivity (Wildman–Crippen MR) is 83.0 cm³/mol. The first kappa shape index (κ1) is 14.1. The van der Waals surface area contributed by atoms with E-state index in [2.05, 4.69) is 21.2 Å². The number of nitrogens with one attached hydrogen (secondary N) is 1. The van der Waals surface area contributed by atoms with E-state index in [0.717, 1.165) is 15.6 Å². The molecule has 0 aliphatic rings. The van der Waals surface area contributed by atoms with Gasteiger partial charge >= 0.3 is 0 Å². The van der Waals surface area contributed by atoms with Gasteiger partial charge in [0.1, 0.15) is 0 Å². The van der Waals surface area contributed by atoms with Crippen LogP contribution in [-0.4, -0.2) is 5.91 Å². The fraction of sp³-hybridized carbons (Fsp3) is 0.133. The molecule has 19 heavy (non-hydrogen) atoms. The van der Waals surface area contributed by atoms with E-state index in [4.69, 9.17) is 11.6 Å². The zero-order valence-electron chi connectivity index (χ0n) is 10.6. The van der Waals surface area contributed by atoms with Gasteiger partial charge in [0.2, 0.25) is 0 Å². The van der Waals surface area contributed by atoms with Crippen molar-refractivity contribution in [2.24, 2.45) is 0 Å². The minimum atomic E-state index is -0.152. The predicted octanol–water partition coefficient (Wildman–Crippen LogP) is 4.97. The lowest BCUT2D eigenvalue weighted by atomic mass is 10.1. The maximum Gasteiger partial charge on any atom is 0.255 e. The Morgan fingerprint density at radius 1 is 1.11 bits per heavy atom. The van der Waals surface area contributed by atoms with Crippen LogP contribution >= 0.6 is 27.5 Å². The second-order valence-electron chi connectivity index (χ2n) is 4.38. The summed E-state index contributed by atoms with van der Waals surface area (Å²) in [5.41, 5.74) is 3.37. The molecule has 0 atom stereocenters. The van der Waals surface area contributed by atoms with Gasteiger partial charge in [0.05, 0.1) is 0 Å². The summed E-state index contributed by atoms with van der Waals surface area (Å²) in [7, 11) is 0. The number of carbonyl (C=O) groups excluding carboxylic acids is 1. The van der Waals surface area contributed by atoms with Crippen LogP contribution < -0.4 is 5.32 Å². The fourth-order valence-electron chi connectivity index (χ4n) is 1.61. The van der Waals surface area contributed by atoms with Crippen LogP contribution in [0, 0.1) is 13.8 Å². The number of halogens is 2. The second-order valence-corrected chi connectivity index (χ2v) is 5.64. The van der Waals surface area contributed by atoms with E-state index < -0.39 is 0 Å². The van der Waals surface area contributed by atoms with Crippen LogP contribution in [0.5, 0.6) is 0 Å². The number of aryl methyl sites for hydroxylation is 2. The smallest absolute Gasteiger partial charge is 0.255 e. The van der Waals surface area contributed by atoms with E-state index in [1.165, 1.54) is 0 Å². The molecule has 0 heterocycles. The van der Waals surface area contributed by atoms with Gasteiger partial charge in [-0.2, -0.15) is 0 Å². The van der Waals surface area contributed by atoms with Gasteiger partial charge in [-0.3, -0.25) is 4.79 Å². The first-order valence-electron chi connectivity index (χ1n) is 5.81. The van der Waals surface area contributed by atoms with E-state index in [9.17, 15) is 4.79 Å². The quantitative estimate of drug-likeness (QED) is 0.823. The Morgan fingerprint density at radius 2 is 1.79 bits per heavy atom. The summed E-state index contributed by atoms with van der Waals surface area (Å²) in [5.74, 6) is -0.152. The van der Waals surface area contributed by atoms with Gasteiger partial charge in [-0.05, 0) is 49.2 Å². The molecular weight excluding hydrogens is 326 g/mol. The molecule has 2 aromatic rings. The Hall–Kier alpha value is -1.32. The Balaban J connectivity index is 2.20. The molecule has 98 valence electrons. The molecule has 0 aliphatic heterocycles. The highest BCUT2D eigenvalue weighted by Crippen LogP contribution is 2.22. The largest absolute Gasteiger partial charge is 0.322 e. The standard InChI is InChI=1S/C15H13BrClNO/c1-9-3-5-11(7-13(9)16)15(19)18-12-6-4-10(2)14(17)8-12/h3-8H,1-2H3,(H,18,19). The van der Waals surface area contributed by atoms with Crippen LogP contribution in [-0.2, 0) is 0 Å². The van der Waals surface area contributed by atoms with Gasteiger partial charge in [0.15, 0.2) is 0 Å². The SMILES string of the molecule is Cc1ccc(NC(=O)c2ccc(C)c(Br)c2)cc1Cl. The van der Waals surface area contributed by atoms with Crippen molar-refractivity contribution in [3.8, 4) is 0 Å². The Bertz CT molecular complexity index is 640. The average molecular weight is 339 g/mol. The minimum absolute atomic E-state index is 0.152. The second kappa shape index (κ2) is 5.76. The average Bonchev–Trinajstić information content (AvgIpc) is 2.37. The Morgan fingerprint density at radius 3 is 2.42 bits per heavy atom. The summed E-state index contributed by atoms with van der Waals surface area (Å²) in [6.45, 7) is 3.90. The van der Waals surface area contributed by atoms with Gasteiger partial charge in [-0.25, -0.2) is 0 Å². The van der Waals surface area contributed by atoms with E-state index in [1.807, 2.05) is 32.0 Å². The first-order chi connectivity index (χ1) is 8.97. The van der Waals surface area contributed by atoms with Crippen LogP contribution in [0.15, 0.2) is 40.9 Å². The molecule has 0 radical (unpaired) electrons. The molecule has 0 unspecified atom stereocenters. The number of hydrogen-bond donors (Lipinski definition) is 1. The summed E-state index contributed by atoms with van der Waals surface area (Å²) in [4.78, 5) is 12.1. The summed E-state index contributed by atoms with van der Waals surface area (Å²) in [5, 5.41) is 3.47. The lowest BCUT2D eigenvalue weighted by Gasteiger charge is -2.08. The zero-order chi connectivity index (χ0) is 14.0. The molecule has 2 aromatic carbocycles. The van der Waals surface area contributed by atoms with Gasteiger partial charge in [0, 0.05) is 20.7 Å². The number of hydrogen-bond acceptors (Lipinski definition) is 1. The van der Waals surface area contributed by atoms with Crippen molar-refractivity contribution < 1.29 is 4.79 Å². The molecule has 2 nitrogen and oxygen atoms in total. The number of anilines is 1. The summed E-state index contributed by atoms with van der Waals surface area (Å²) in [6.07, 6.45) is 0. The molecule has 4 heteroatoms. The molecule has 2 rings (SSSR count). The number of rotatable bonds is 2. The van der Waals surface area contributed by atoms with Gasteiger partial charge in [-0.1, -0.05) is 39.7 Å². The maximum absolute atomic E-state index is 12.1. The van der Waals surface area contributed by atoms with Crippen molar-refractivity contribution in [1.29, 1.82) is 0 Å². The van der Waals surface area contributed by atoms with Crippen LogP contribution in [0.25, 0.3) is 0 Å². The molecule has 0 spiro atoms. The fourth-order valence-corrected chi connectivity index (χ4v) is 2.17. The molecule has 0 aromatic heterocycles. The molecule has 0 fully saturated rings. The Kier molecular flexibility index (Phi) is 4.27. The van der Waals surface area contributed by atoms with Crippen LogP contribution in [0.3, 0.4) is 0 Å². The van der Waals surface area contributed by atoms with Crippen LogP contribution in [0.1, 0.15) is 21.5 Å². The molecule has 0 saturated heterocycles. The Labute approximate surface area is 125 Å². The summed E-state index contributed by atoms with van der Waals surface area (Å²) < 4.78 is 0.919. The zero-order valence-corrected chi connectivity index (χ0v) is 13.0. The number of carbonyl (C=O) groups is 1. The van der Waals surface area contributed by atoms with E-state index in [0.29, 0.717) is 16.3 Å². The monoisotopic (exact) mass is 337 g/mol. The van der Waals surface area contributed by atoms with E-state index in [-0.39, 0.29) is 5.91 Å². The molecule has 0 aliphatic carbocycles. The van der Waals surface area contributed by atoms with Crippen molar-refractivity contribution in [2.45, 2.75) is 13.8 Å². The van der Waals surface area contributed by atoms with E-state index >= 15 is 0 Å². The van der Waals surface area contributed by atoms with Crippen LogP contribution in [0.4, 0.5) is 5.69 Å². The van der Waals surface area contributed by atoms with Crippen molar-refractivity contribution in [2.75, 3.05) is 5.32 Å². The highest BCUT2D eigenvalue weighted by molar-refractivity contribution is 9.10. The van der Waals surface area contributed by atoms with E-state index in [1.54, 1.807) is 18.2 Å². The van der Waals surface area contributed by atoms with Gasteiger partial charge in [0.25, 0.3) is 5.91 Å².